The molecule has 2 aromatic rings. The van der Waals surface area contributed by atoms with E-state index in [0.717, 1.165) is 32.2 Å². The van der Waals surface area contributed by atoms with Crippen molar-refractivity contribution in [1.29, 1.82) is 0 Å². The summed E-state index contributed by atoms with van der Waals surface area (Å²) in [6.45, 7) is 2.85. The molecule has 0 bridgehead atoms. The number of benzene rings is 2. The zero-order valence-corrected chi connectivity index (χ0v) is 25.0. The van der Waals surface area contributed by atoms with Crippen LogP contribution >= 0.6 is 11.8 Å². The molecule has 2 heterocycles. The van der Waals surface area contributed by atoms with E-state index < -0.39 is 35.6 Å². The Labute approximate surface area is 256 Å². The number of aliphatic imine (C=N–C) groups is 1. The highest BCUT2D eigenvalue weighted by molar-refractivity contribution is 8.18. The van der Waals surface area contributed by atoms with Crippen molar-refractivity contribution < 1.29 is 40.6 Å². The number of thioether (sulfide) groups is 1. The summed E-state index contributed by atoms with van der Waals surface area (Å²) in [4.78, 5) is 22.1. The Balaban J connectivity index is 1.22. The van der Waals surface area contributed by atoms with E-state index in [1.54, 1.807) is 18.2 Å². The molecule has 2 aliphatic heterocycles. The highest BCUT2D eigenvalue weighted by Crippen LogP contribution is 2.39. The summed E-state index contributed by atoms with van der Waals surface area (Å²) < 4.78 is 90.5. The summed E-state index contributed by atoms with van der Waals surface area (Å²) in [5, 5.41) is 0.672. The number of amidine groups is 1. The second-order valence-electron chi connectivity index (χ2n) is 11.0. The third-order valence-electron chi connectivity index (χ3n) is 8.15. The number of nitrogens with zero attached hydrogens (tertiary/aromatic N) is 3. The fourth-order valence-electron chi connectivity index (χ4n) is 5.78. The quantitative estimate of drug-likeness (QED) is 0.184. The van der Waals surface area contributed by atoms with E-state index in [1.165, 1.54) is 63.5 Å². The molecule has 5 rings (SSSR count). The van der Waals surface area contributed by atoms with Gasteiger partial charge in [0.2, 0.25) is 0 Å². The summed E-state index contributed by atoms with van der Waals surface area (Å²) in [6.07, 6.45) is -0.568. The van der Waals surface area contributed by atoms with Crippen LogP contribution in [0.4, 0.5) is 26.3 Å². The predicted octanol–water partition coefficient (Wildman–Crippen LogP) is 7.62. The van der Waals surface area contributed by atoms with Gasteiger partial charge in [0.05, 0.1) is 23.1 Å². The molecule has 0 atom stereocenters. The van der Waals surface area contributed by atoms with E-state index >= 15 is 0 Å². The van der Waals surface area contributed by atoms with E-state index in [2.05, 4.69) is 14.8 Å². The van der Waals surface area contributed by atoms with Crippen LogP contribution in [0.25, 0.3) is 6.08 Å². The highest BCUT2D eigenvalue weighted by Gasteiger charge is 2.38. The molecule has 0 spiro atoms. The average Bonchev–Trinajstić information content (AvgIpc) is 3.16. The van der Waals surface area contributed by atoms with Crippen LogP contribution in [0.2, 0.25) is 0 Å². The Morgan fingerprint density at radius 3 is 2.25 bits per heavy atom. The van der Waals surface area contributed by atoms with E-state index in [0.29, 0.717) is 27.7 Å². The number of piperazine rings is 1. The van der Waals surface area contributed by atoms with Crippen molar-refractivity contribution in [3.63, 3.8) is 0 Å². The normalized spacial score (nSPS) is 20.2. The lowest BCUT2D eigenvalue weighted by molar-refractivity contribution is -0.143. The Morgan fingerprint density at radius 2 is 1.61 bits per heavy atom. The van der Waals surface area contributed by atoms with Crippen molar-refractivity contribution in [3.05, 3.63) is 63.6 Å². The number of amides is 1. The van der Waals surface area contributed by atoms with Crippen LogP contribution in [-0.4, -0.2) is 60.2 Å². The standard InChI is InChI=1S/C31H33F6N3O3S/c1-42-26-16-20(8-11-25(26)43-19-21-9-10-22(30(32,33)34)18-24(21)31(35,36)37)17-27-28(41)38-29(44-27)40-14-12-39(13-15-40)23-6-4-2-3-5-7-23/h8-11,16-18,23H,2-7,12-15,19H2,1H3/b27-17+. The second-order valence-corrected chi connectivity index (χ2v) is 12.1. The number of rotatable bonds is 6. The third kappa shape index (κ3) is 7.71. The lowest BCUT2D eigenvalue weighted by atomic mass is 10.0. The SMILES string of the molecule is COc1cc(/C=C2/SC(N3CCN(C4CCCCCC4)CC3)=NC2=O)ccc1OCc1ccc(C(F)(F)F)cc1C(F)(F)F. The first-order valence-corrected chi connectivity index (χ1v) is 15.3. The zero-order valence-electron chi connectivity index (χ0n) is 24.1. The average molecular weight is 642 g/mol. The van der Waals surface area contributed by atoms with Gasteiger partial charge < -0.3 is 14.4 Å². The molecule has 238 valence electrons. The molecule has 0 aromatic heterocycles. The lowest BCUT2D eigenvalue weighted by Crippen LogP contribution is -2.51. The minimum absolute atomic E-state index is 0.0790. The number of hydrogen-bond donors (Lipinski definition) is 0. The van der Waals surface area contributed by atoms with Crippen molar-refractivity contribution in [2.75, 3.05) is 33.3 Å². The van der Waals surface area contributed by atoms with Crippen LogP contribution in [-0.2, 0) is 23.8 Å². The summed E-state index contributed by atoms with van der Waals surface area (Å²) in [5.74, 6) is -0.0694. The maximum absolute atomic E-state index is 13.5. The maximum atomic E-state index is 13.5. The van der Waals surface area contributed by atoms with Crippen molar-refractivity contribution in [2.45, 2.75) is 63.5 Å². The van der Waals surface area contributed by atoms with E-state index in [-0.39, 0.29) is 23.5 Å². The molecule has 1 saturated heterocycles. The number of alkyl halides is 6. The summed E-state index contributed by atoms with van der Waals surface area (Å²) in [6, 6.07) is 6.71. The number of carbonyl (C=O) groups excluding carboxylic acids is 1. The molecule has 6 nitrogen and oxygen atoms in total. The van der Waals surface area contributed by atoms with Gasteiger partial charge in [0, 0.05) is 37.8 Å². The van der Waals surface area contributed by atoms with Crippen LogP contribution in [0.5, 0.6) is 11.5 Å². The van der Waals surface area contributed by atoms with Gasteiger partial charge >= 0.3 is 12.4 Å². The second kappa shape index (κ2) is 13.4. The van der Waals surface area contributed by atoms with Gasteiger partial charge in [-0.2, -0.15) is 31.3 Å². The van der Waals surface area contributed by atoms with Gasteiger partial charge in [0.1, 0.15) is 6.61 Å². The molecular formula is C31H33F6N3O3S. The number of carbonyl (C=O) groups is 1. The molecule has 0 unspecified atom stereocenters. The van der Waals surface area contributed by atoms with Crippen LogP contribution < -0.4 is 9.47 Å². The first-order chi connectivity index (χ1) is 20.9. The van der Waals surface area contributed by atoms with Crippen molar-refractivity contribution >= 4 is 28.9 Å². The molecule has 3 aliphatic rings. The van der Waals surface area contributed by atoms with E-state index in [1.807, 2.05) is 0 Å². The van der Waals surface area contributed by atoms with E-state index in [4.69, 9.17) is 9.47 Å². The number of hydrogen-bond acceptors (Lipinski definition) is 6. The molecule has 0 radical (unpaired) electrons. The monoisotopic (exact) mass is 641 g/mol. The molecule has 1 aliphatic carbocycles. The Kier molecular flexibility index (Phi) is 9.83. The highest BCUT2D eigenvalue weighted by atomic mass is 32.2. The first kappa shape index (κ1) is 32.2. The minimum atomic E-state index is -5.01. The minimum Gasteiger partial charge on any atom is -0.493 e. The Morgan fingerprint density at radius 1 is 0.909 bits per heavy atom. The smallest absolute Gasteiger partial charge is 0.416 e. The molecule has 44 heavy (non-hydrogen) atoms. The topological polar surface area (TPSA) is 54.4 Å². The van der Waals surface area contributed by atoms with Gasteiger partial charge in [-0.25, -0.2) is 0 Å². The largest absolute Gasteiger partial charge is 0.493 e. The molecule has 1 saturated carbocycles. The zero-order chi connectivity index (χ0) is 31.5. The third-order valence-corrected chi connectivity index (χ3v) is 9.19. The molecular weight excluding hydrogens is 608 g/mol. The van der Waals surface area contributed by atoms with Gasteiger partial charge in [0.25, 0.3) is 5.91 Å². The summed E-state index contributed by atoms with van der Waals surface area (Å²) >= 11 is 1.30. The predicted molar refractivity (Wildman–Crippen MR) is 156 cm³/mol. The van der Waals surface area contributed by atoms with Crippen LogP contribution in [0.15, 0.2) is 46.3 Å². The van der Waals surface area contributed by atoms with Crippen molar-refractivity contribution in [2.24, 2.45) is 4.99 Å². The lowest BCUT2D eigenvalue weighted by Gasteiger charge is -2.39. The molecule has 2 aromatic carbocycles. The van der Waals surface area contributed by atoms with Crippen molar-refractivity contribution in [3.8, 4) is 11.5 Å². The van der Waals surface area contributed by atoms with E-state index in [9.17, 15) is 31.1 Å². The first-order valence-electron chi connectivity index (χ1n) is 14.5. The molecule has 1 amide bonds. The van der Waals surface area contributed by atoms with Gasteiger partial charge in [-0.1, -0.05) is 37.8 Å². The van der Waals surface area contributed by atoms with Gasteiger partial charge in [-0.05, 0) is 60.5 Å². The number of halogens is 6. The molecule has 0 N–H and O–H groups in total. The fraction of sp³-hybridized carbons (Fsp3) is 0.484. The van der Waals surface area contributed by atoms with Crippen LogP contribution in [0, 0.1) is 0 Å². The van der Waals surface area contributed by atoms with Crippen LogP contribution in [0.1, 0.15) is 60.8 Å². The van der Waals surface area contributed by atoms with Gasteiger partial charge in [-0.15, -0.1) is 0 Å². The fourth-order valence-corrected chi connectivity index (χ4v) is 6.74. The Hall–Kier alpha value is -3.19. The molecule has 2 fully saturated rings. The summed E-state index contributed by atoms with van der Waals surface area (Å²) in [7, 11) is 1.35. The number of methoxy groups -OCH3 is 1. The van der Waals surface area contributed by atoms with Gasteiger partial charge in [0.15, 0.2) is 16.7 Å². The van der Waals surface area contributed by atoms with Crippen LogP contribution in [0.3, 0.4) is 0 Å². The molecule has 13 heteroatoms. The summed E-state index contributed by atoms with van der Waals surface area (Å²) in [5.41, 5.74) is -2.69. The number of ether oxygens (including phenoxy) is 2. The van der Waals surface area contributed by atoms with Gasteiger partial charge in [-0.3, -0.25) is 9.69 Å². The Bertz CT molecular complexity index is 1410. The maximum Gasteiger partial charge on any atom is 0.416 e. The van der Waals surface area contributed by atoms with Crippen molar-refractivity contribution in [1.82, 2.24) is 9.80 Å².